The fourth-order valence-electron chi connectivity index (χ4n) is 2.87. The van der Waals surface area contributed by atoms with Crippen molar-refractivity contribution in [3.05, 3.63) is 23.7 Å². The van der Waals surface area contributed by atoms with Crippen molar-refractivity contribution < 1.29 is 9.52 Å². The molecule has 1 heterocycles. The first-order valence-corrected chi connectivity index (χ1v) is 7.20. The van der Waals surface area contributed by atoms with E-state index < -0.39 is 0 Å². The molecule has 0 amide bonds. The summed E-state index contributed by atoms with van der Waals surface area (Å²) in [6, 6.07) is 4.77. The summed E-state index contributed by atoms with van der Waals surface area (Å²) in [5, 5.41) is 13.0. The molecule has 1 aromatic heterocycles. The maximum absolute atomic E-state index is 9.42. The van der Waals surface area contributed by atoms with Gasteiger partial charge in [-0.05, 0) is 37.8 Å². The second-order valence-electron chi connectivity index (χ2n) is 5.38. The monoisotopic (exact) mass is 251 g/mol. The van der Waals surface area contributed by atoms with Crippen LogP contribution >= 0.6 is 0 Å². The van der Waals surface area contributed by atoms with Gasteiger partial charge in [0.25, 0.3) is 0 Å². The molecule has 18 heavy (non-hydrogen) atoms. The Kier molecular flexibility index (Phi) is 4.84. The fraction of sp³-hybridized carbons (Fsp3) is 0.733. The third kappa shape index (κ3) is 3.15. The molecule has 0 aromatic carbocycles. The minimum absolute atomic E-state index is 0.224. The molecule has 1 aromatic rings. The second-order valence-corrected chi connectivity index (χ2v) is 5.38. The highest BCUT2D eigenvalue weighted by molar-refractivity contribution is 5.10. The summed E-state index contributed by atoms with van der Waals surface area (Å²) in [6.07, 6.45) is 5.75. The van der Waals surface area contributed by atoms with Gasteiger partial charge in [-0.3, -0.25) is 0 Å². The maximum Gasteiger partial charge on any atom is 0.120 e. The van der Waals surface area contributed by atoms with Crippen LogP contribution in [-0.2, 0) is 6.42 Å². The van der Waals surface area contributed by atoms with E-state index in [4.69, 9.17) is 4.42 Å². The summed E-state index contributed by atoms with van der Waals surface area (Å²) in [5.74, 6) is 2.46. The van der Waals surface area contributed by atoms with Gasteiger partial charge in [-0.1, -0.05) is 19.8 Å². The molecule has 3 nitrogen and oxygen atoms in total. The van der Waals surface area contributed by atoms with Crippen LogP contribution in [0.15, 0.2) is 16.5 Å². The molecule has 102 valence electrons. The number of rotatable bonds is 5. The highest BCUT2D eigenvalue weighted by Crippen LogP contribution is 2.27. The summed E-state index contributed by atoms with van der Waals surface area (Å²) >= 11 is 0. The van der Waals surface area contributed by atoms with Crippen molar-refractivity contribution in [3.63, 3.8) is 0 Å². The van der Waals surface area contributed by atoms with Crippen molar-refractivity contribution >= 4 is 0 Å². The van der Waals surface area contributed by atoms with Gasteiger partial charge < -0.3 is 14.8 Å². The molecule has 1 saturated carbocycles. The van der Waals surface area contributed by atoms with Gasteiger partial charge in [0.15, 0.2) is 0 Å². The molecule has 3 atom stereocenters. The van der Waals surface area contributed by atoms with Crippen LogP contribution in [0.4, 0.5) is 0 Å². The summed E-state index contributed by atoms with van der Waals surface area (Å²) in [6.45, 7) is 4.54. The Bertz CT molecular complexity index is 361. The number of hydrogen-bond acceptors (Lipinski definition) is 3. The topological polar surface area (TPSA) is 45.4 Å². The van der Waals surface area contributed by atoms with Crippen molar-refractivity contribution in [2.45, 2.75) is 58.0 Å². The van der Waals surface area contributed by atoms with E-state index in [2.05, 4.69) is 31.3 Å². The zero-order valence-corrected chi connectivity index (χ0v) is 11.5. The van der Waals surface area contributed by atoms with Crippen molar-refractivity contribution in [1.82, 2.24) is 5.32 Å². The van der Waals surface area contributed by atoms with Crippen LogP contribution in [0.5, 0.6) is 0 Å². The minimum Gasteiger partial charge on any atom is -0.464 e. The predicted octanol–water partition coefficient (Wildman–Crippen LogP) is 3.04. The SMILES string of the molecule is CCc1ccc(C(C)NC2CCCCC2CO)o1. The van der Waals surface area contributed by atoms with Crippen LogP contribution in [0.1, 0.15) is 57.1 Å². The van der Waals surface area contributed by atoms with Crippen molar-refractivity contribution in [2.24, 2.45) is 5.92 Å². The molecule has 0 bridgehead atoms. The number of aliphatic hydroxyl groups is 1. The minimum atomic E-state index is 0.224. The Balaban J connectivity index is 1.94. The van der Waals surface area contributed by atoms with Crippen LogP contribution in [0.25, 0.3) is 0 Å². The standard InChI is InChI=1S/C15H25NO2/c1-3-13-8-9-15(18-13)11(2)16-14-7-5-4-6-12(14)10-17/h8-9,11-12,14,16-17H,3-7,10H2,1-2H3. The summed E-state index contributed by atoms with van der Waals surface area (Å²) in [5.41, 5.74) is 0. The molecule has 3 unspecified atom stereocenters. The zero-order chi connectivity index (χ0) is 13.0. The number of hydrogen-bond donors (Lipinski definition) is 2. The summed E-state index contributed by atoms with van der Waals surface area (Å²) < 4.78 is 5.78. The van der Waals surface area contributed by atoms with Crippen LogP contribution in [0, 0.1) is 5.92 Å². The average molecular weight is 251 g/mol. The third-order valence-electron chi connectivity index (χ3n) is 4.07. The molecular formula is C15H25NO2. The Hall–Kier alpha value is -0.800. The third-order valence-corrected chi connectivity index (χ3v) is 4.07. The Labute approximate surface area is 110 Å². The number of aryl methyl sites for hydroxylation is 1. The summed E-state index contributed by atoms with van der Waals surface area (Å²) in [4.78, 5) is 0. The smallest absolute Gasteiger partial charge is 0.120 e. The van der Waals surface area contributed by atoms with E-state index in [0.717, 1.165) is 30.8 Å². The Morgan fingerprint density at radius 1 is 1.39 bits per heavy atom. The first-order valence-electron chi connectivity index (χ1n) is 7.20. The van der Waals surface area contributed by atoms with Crippen molar-refractivity contribution in [1.29, 1.82) is 0 Å². The molecule has 0 aliphatic heterocycles. The second kappa shape index (κ2) is 6.39. The maximum atomic E-state index is 9.42. The molecule has 1 aliphatic rings. The van der Waals surface area contributed by atoms with Gasteiger partial charge in [-0.25, -0.2) is 0 Å². The molecule has 0 spiro atoms. The van der Waals surface area contributed by atoms with Gasteiger partial charge >= 0.3 is 0 Å². The van der Waals surface area contributed by atoms with Gasteiger partial charge in [-0.2, -0.15) is 0 Å². The van der Waals surface area contributed by atoms with E-state index in [-0.39, 0.29) is 6.04 Å². The van der Waals surface area contributed by atoms with Gasteiger partial charge in [0.2, 0.25) is 0 Å². The molecule has 2 rings (SSSR count). The van der Waals surface area contributed by atoms with Gasteiger partial charge in [0.05, 0.1) is 6.04 Å². The number of aliphatic hydroxyl groups excluding tert-OH is 1. The van der Waals surface area contributed by atoms with Crippen LogP contribution < -0.4 is 5.32 Å². The lowest BCUT2D eigenvalue weighted by Crippen LogP contribution is -2.41. The van der Waals surface area contributed by atoms with E-state index >= 15 is 0 Å². The predicted molar refractivity (Wildman–Crippen MR) is 72.5 cm³/mol. The Morgan fingerprint density at radius 2 is 2.17 bits per heavy atom. The van der Waals surface area contributed by atoms with Gasteiger partial charge in [-0.15, -0.1) is 0 Å². The zero-order valence-electron chi connectivity index (χ0n) is 11.5. The molecular weight excluding hydrogens is 226 g/mol. The summed E-state index contributed by atoms with van der Waals surface area (Å²) in [7, 11) is 0. The lowest BCUT2D eigenvalue weighted by molar-refractivity contribution is 0.145. The van der Waals surface area contributed by atoms with Crippen LogP contribution in [-0.4, -0.2) is 17.8 Å². The van der Waals surface area contributed by atoms with E-state index in [1.54, 1.807) is 0 Å². The molecule has 3 heteroatoms. The van der Waals surface area contributed by atoms with E-state index in [9.17, 15) is 5.11 Å². The van der Waals surface area contributed by atoms with E-state index in [1.165, 1.54) is 12.8 Å². The Morgan fingerprint density at radius 3 is 2.83 bits per heavy atom. The lowest BCUT2D eigenvalue weighted by atomic mass is 9.84. The van der Waals surface area contributed by atoms with Crippen molar-refractivity contribution in [2.75, 3.05) is 6.61 Å². The van der Waals surface area contributed by atoms with Gasteiger partial charge in [0.1, 0.15) is 11.5 Å². The largest absolute Gasteiger partial charge is 0.464 e. The number of nitrogens with one attached hydrogen (secondary N) is 1. The normalized spacial score (nSPS) is 26.2. The first-order chi connectivity index (χ1) is 8.74. The fourth-order valence-corrected chi connectivity index (χ4v) is 2.87. The number of furan rings is 1. The van der Waals surface area contributed by atoms with Crippen LogP contribution in [0.2, 0.25) is 0 Å². The lowest BCUT2D eigenvalue weighted by Gasteiger charge is -2.32. The molecule has 0 radical (unpaired) electrons. The van der Waals surface area contributed by atoms with Crippen molar-refractivity contribution in [3.8, 4) is 0 Å². The van der Waals surface area contributed by atoms with E-state index in [0.29, 0.717) is 18.6 Å². The van der Waals surface area contributed by atoms with Crippen LogP contribution in [0.3, 0.4) is 0 Å². The molecule has 2 N–H and O–H groups in total. The quantitative estimate of drug-likeness (QED) is 0.845. The first kappa shape index (κ1) is 13.6. The highest BCUT2D eigenvalue weighted by Gasteiger charge is 2.26. The molecule has 1 aliphatic carbocycles. The molecule has 0 saturated heterocycles. The highest BCUT2D eigenvalue weighted by atomic mass is 16.3. The van der Waals surface area contributed by atoms with Gasteiger partial charge in [0, 0.05) is 19.1 Å². The van der Waals surface area contributed by atoms with E-state index in [1.807, 2.05) is 0 Å². The molecule has 1 fully saturated rings. The average Bonchev–Trinajstić information content (AvgIpc) is 2.88.